The van der Waals surface area contributed by atoms with E-state index in [1.54, 1.807) is 19.3 Å². The number of carbonyl (C=O) groups excluding carboxylic acids is 1. The standard InChI is InChI=1S/C28H32N6.CH2O/c1-5-9-20(14-32-34-16-24-18(3)25(24)17-34)33-28-19(6-2)10-7-12-22(28)27(30)21-11-8-13-26(29)23(21)15-31-4;1-2/h2,5,7-15,18,24-25,27,33H,1,16-17,29-30H2,3-4H3;1H2/b20-9+,31-15?,32-14-;. The van der Waals surface area contributed by atoms with Crippen LogP contribution >= 0.6 is 0 Å². The molecule has 0 aromatic heterocycles. The van der Waals surface area contributed by atoms with Gasteiger partial charge in [-0.2, -0.15) is 5.10 Å². The van der Waals surface area contributed by atoms with Crippen molar-refractivity contribution in [2.45, 2.75) is 13.0 Å². The van der Waals surface area contributed by atoms with Crippen LogP contribution in [0.25, 0.3) is 0 Å². The lowest BCUT2D eigenvalue weighted by molar-refractivity contribution is -0.0979. The molecule has 7 nitrogen and oxygen atoms in total. The number of nitrogens with zero attached hydrogens (tertiary/aromatic N) is 3. The number of anilines is 2. The van der Waals surface area contributed by atoms with Gasteiger partial charge in [-0.25, -0.2) is 0 Å². The fourth-order valence-corrected chi connectivity index (χ4v) is 4.84. The van der Waals surface area contributed by atoms with Crippen molar-refractivity contribution in [3.05, 3.63) is 83.1 Å². The second-order valence-electron chi connectivity index (χ2n) is 8.91. The molecule has 1 saturated heterocycles. The highest BCUT2D eigenvalue weighted by Gasteiger charge is 2.52. The van der Waals surface area contributed by atoms with Crippen LogP contribution in [0, 0.1) is 30.1 Å². The first kappa shape index (κ1) is 26.5. The van der Waals surface area contributed by atoms with Crippen molar-refractivity contribution in [2.75, 3.05) is 31.2 Å². The Balaban J connectivity index is 0.00000176. The Bertz CT molecular complexity index is 1210. The molecule has 7 heteroatoms. The number of terminal acetylenes is 1. The zero-order valence-corrected chi connectivity index (χ0v) is 20.9. The molecule has 0 radical (unpaired) electrons. The number of para-hydroxylation sites is 1. The molecule has 2 fully saturated rings. The molecule has 5 N–H and O–H groups in total. The van der Waals surface area contributed by atoms with Crippen molar-refractivity contribution in [3.8, 4) is 12.3 Å². The van der Waals surface area contributed by atoms with Crippen molar-refractivity contribution >= 4 is 30.6 Å². The van der Waals surface area contributed by atoms with Gasteiger partial charge >= 0.3 is 0 Å². The second-order valence-corrected chi connectivity index (χ2v) is 8.91. The zero-order chi connectivity index (χ0) is 26.2. The van der Waals surface area contributed by atoms with E-state index in [2.05, 4.69) is 34.7 Å². The van der Waals surface area contributed by atoms with Crippen LogP contribution in [-0.2, 0) is 4.79 Å². The Labute approximate surface area is 213 Å². The highest BCUT2D eigenvalue weighted by atomic mass is 16.1. The molecule has 2 aromatic carbocycles. The Morgan fingerprint density at radius 2 is 1.89 bits per heavy atom. The van der Waals surface area contributed by atoms with E-state index in [1.165, 1.54) is 0 Å². The van der Waals surface area contributed by atoms with Gasteiger partial charge in [-0.05, 0) is 47.1 Å². The van der Waals surface area contributed by atoms with Crippen LogP contribution in [0.5, 0.6) is 0 Å². The van der Waals surface area contributed by atoms with Crippen LogP contribution in [0.3, 0.4) is 0 Å². The summed E-state index contributed by atoms with van der Waals surface area (Å²) in [5.41, 5.74) is 18.4. The number of aliphatic imine (C=N–C) groups is 1. The topological polar surface area (TPSA) is 109 Å². The number of rotatable bonds is 8. The van der Waals surface area contributed by atoms with Crippen molar-refractivity contribution in [1.82, 2.24) is 5.01 Å². The fraction of sp³-hybridized carbons (Fsp3) is 0.276. The summed E-state index contributed by atoms with van der Waals surface area (Å²) in [6.45, 7) is 10.2. The predicted octanol–water partition coefficient (Wildman–Crippen LogP) is 3.83. The van der Waals surface area contributed by atoms with Crippen LogP contribution in [0.1, 0.15) is 35.2 Å². The SMILES string of the molecule is C#Cc1cccc(C(N)c2cccc(N)c2C=NC)c1NC(/C=N\N1CC2C(C)C2C1)=C/C=C.C=O. The number of nitrogens with one attached hydrogen (secondary N) is 1. The molecule has 0 amide bonds. The predicted molar refractivity (Wildman–Crippen MR) is 150 cm³/mol. The highest BCUT2D eigenvalue weighted by molar-refractivity contribution is 5.90. The van der Waals surface area contributed by atoms with E-state index in [1.807, 2.05) is 55.5 Å². The summed E-state index contributed by atoms with van der Waals surface area (Å²) < 4.78 is 0. The zero-order valence-electron chi connectivity index (χ0n) is 20.9. The Hall–Kier alpha value is -4.15. The summed E-state index contributed by atoms with van der Waals surface area (Å²) in [6, 6.07) is 11.0. The van der Waals surface area contributed by atoms with Crippen LogP contribution in [0.2, 0.25) is 0 Å². The molecule has 186 valence electrons. The van der Waals surface area contributed by atoms with Gasteiger partial charge in [0, 0.05) is 43.2 Å². The molecule has 1 aliphatic carbocycles. The van der Waals surface area contributed by atoms with Gasteiger partial charge in [-0.15, -0.1) is 6.42 Å². The number of hydrazone groups is 1. The normalized spacial score (nSPS) is 21.4. The maximum Gasteiger partial charge on any atom is 0.106 e. The molecule has 0 bridgehead atoms. The summed E-state index contributed by atoms with van der Waals surface area (Å²) in [6.07, 6.45) is 13.0. The average molecular weight is 483 g/mol. The van der Waals surface area contributed by atoms with E-state index in [-0.39, 0.29) is 0 Å². The Morgan fingerprint density at radius 1 is 1.22 bits per heavy atom. The molecular weight excluding hydrogens is 448 g/mol. The molecule has 3 unspecified atom stereocenters. The molecular formula is C29H34N6O. The van der Waals surface area contributed by atoms with E-state index < -0.39 is 6.04 Å². The van der Waals surface area contributed by atoms with E-state index in [0.29, 0.717) is 11.3 Å². The van der Waals surface area contributed by atoms with E-state index >= 15 is 0 Å². The first-order valence-electron chi connectivity index (χ1n) is 11.8. The van der Waals surface area contributed by atoms with E-state index in [4.69, 9.17) is 27.8 Å². The van der Waals surface area contributed by atoms with Crippen LogP contribution < -0.4 is 16.8 Å². The highest BCUT2D eigenvalue weighted by Crippen LogP contribution is 2.51. The first-order chi connectivity index (χ1) is 17.5. The number of piperidine rings is 1. The minimum absolute atomic E-state index is 0.471. The maximum absolute atomic E-state index is 8.00. The molecule has 36 heavy (non-hydrogen) atoms. The van der Waals surface area contributed by atoms with Crippen molar-refractivity contribution in [2.24, 2.45) is 33.6 Å². The third-order valence-electron chi connectivity index (χ3n) is 6.88. The van der Waals surface area contributed by atoms with E-state index in [0.717, 1.165) is 58.9 Å². The van der Waals surface area contributed by atoms with Gasteiger partial charge in [0.15, 0.2) is 0 Å². The molecule has 1 heterocycles. The smallest absolute Gasteiger partial charge is 0.106 e. The van der Waals surface area contributed by atoms with Crippen molar-refractivity contribution in [3.63, 3.8) is 0 Å². The lowest BCUT2D eigenvalue weighted by atomic mass is 9.92. The molecule has 0 spiro atoms. The van der Waals surface area contributed by atoms with Gasteiger partial charge < -0.3 is 21.6 Å². The Kier molecular flexibility index (Phi) is 8.82. The molecule has 2 aliphatic rings. The third-order valence-corrected chi connectivity index (χ3v) is 6.88. The molecule has 2 aromatic rings. The van der Waals surface area contributed by atoms with Crippen LogP contribution in [0.15, 0.2) is 70.9 Å². The molecule has 1 aliphatic heterocycles. The molecule has 1 saturated carbocycles. The van der Waals surface area contributed by atoms with Gasteiger partial charge in [0.1, 0.15) is 6.79 Å². The summed E-state index contributed by atoms with van der Waals surface area (Å²) >= 11 is 0. The quantitative estimate of drug-likeness (QED) is 0.229. The van der Waals surface area contributed by atoms with Gasteiger partial charge in [0.2, 0.25) is 0 Å². The third kappa shape index (κ3) is 5.56. The van der Waals surface area contributed by atoms with E-state index in [9.17, 15) is 0 Å². The number of allylic oxidation sites excluding steroid dienone is 3. The number of nitrogens with two attached hydrogens (primary N) is 2. The Morgan fingerprint density at radius 3 is 2.53 bits per heavy atom. The summed E-state index contributed by atoms with van der Waals surface area (Å²) in [4.78, 5) is 12.2. The minimum atomic E-state index is -0.471. The molecule has 4 rings (SSSR count). The van der Waals surface area contributed by atoms with Crippen LogP contribution in [0.4, 0.5) is 11.4 Å². The number of nitrogen functional groups attached to an aromatic ring is 1. The van der Waals surface area contributed by atoms with Gasteiger partial charge in [0.25, 0.3) is 0 Å². The number of hydrogen-bond acceptors (Lipinski definition) is 7. The number of hydrogen-bond donors (Lipinski definition) is 3. The fourth-order valence-electron chi connectivity index (χ4n) is 4.84. The van der Waals surface area contributed by atoms with Crippen molar-refractivity contribution < 1.29 is 4.79 Å². The van der Waals surface area contributed by atoms with Gasteiger partial charge in [0.05, 0.1) is 23.6 Å². The number of fused-ring (bicyclic) bond motifs is 1. The van der Waals surface area contributed by atoms with Crippen LogP contribution in [-0.4, -0.2) is 44.4 Å². The summed E-state index contributed by atoms with van der Waals surface area (Å²) in [5, 5.41) is 10.3. The maximum atomic E-state index is 8.00. The minimum Gasteiger partial charge on any atom is -0.398 e. The number of benzene rings is 2. The second kappa shape index (κ2) is 12.0. The van der Waals surface area contributed by atoms with Gasteiger partial charge in [-0.3, -0.25) is 10.0 Å². The lowest BCUT2D eigenvalue weighted by Crippen LogP contribution is -2.20. The summed E-state index contributed by atoms with van der Waals surface area (Å²) in [5.74, 6) is 5.17. The first-order valence-corrected chi connectivity index (χ1v) is 11.8. The lowest BCUT2D eigenvalue weighted by Gasteiger charge is -2.22. The van der Waals surface area contributed by atoms with Gasteiger partial charge in [-0.1, -0.05) is 49.8 Å². The number of carbonyl (C=O) groups is 1. The van der Waals surface area contributed by atoms with Crippen molar-refractivity contribution in [1.29, 1.82) is 0 Å². The monoisotopic (exact) mass is 482 g/mol. The average Bonchev–Trinajstić information content (AvgIpc) is 3.28. The molecule has 3 atom stereocenters. The largest absolute Gasteiger partial charge is 0.398 e. The summed E-state index contributed by atoms with van der Waals surface area (Å²) in [7, 11) is 1.71.